The highest BCUT2D eigenvalue weighted by molar-refractivity contribution is 6.06. The molecule has 5 rings (SSSR count). The SMILES string of the molecule is O=C1CCCC2=C1C(c1ccccc1OCc1ccc(C(=O)[O-])cc1)C1=C(CCCC1=O)O2. The van der Waals surface area contributed by atoms with E-state index in [9.17, 15) is 19.5 Å². The van der Waals surface area contributed by atoms with Crippen LogP contribution in [0.15, 0.2) is 71.2 Å². The molecule has 33 heavy (non-hydrogen) atoms. The summed E-state index contributed by atoms with van der Waals surface area (Å²) in [5.41, 5.74) is 2.85. The molecule has 1 aliphatic heterocycles. The van der Waals surface area contributed by atoms with E-state index in [1.165, 1.54) is 12.1 Å². The van der Waals surface area contributed by atoms with Crippen LogP contribution < -0.4 is 9.84 Å². The van der Waals surface area contributed by atoms with E-state index in [1.807, 2.05) is 24.3 Å². The van der Waals surface area contributed by atoms with E-state index in [-0.39, 0.29) is 23.7 Å². The van der Waals surface area contributed by atoms with Crippen molar-refractivity contribution in [3.63, 3.8) is 0 Å². The lowest BCUT2D eigenvalue weighted by atomic mass is 9.73. The maximum absolute atomic E-state index is 13.0. The van der Waals surface area contributed by atoms with Crippen LogP contribution in [0.25, 0.3) is 0 Å². The molecule has 2 aromatic rings. The molecule has 0 atom stereocenters. The molecule has 168 valence electrons. The lowest BCUT2D eigenvalue weighted by Crippen LogP contribution is -2.30. The number of carbonyl (C=O) groups is 3. The average Bonchev–Trinajstić information content (AvgIpc) is 2.82. The van der Waals surface area contributed by atoms with Gasteiger partial charge in [0.2, 0.25) is 0 Å². The van der Waals surface area contributed by atoms with Crippen LogP contribution in [0.2, 0.25) is 0 Å². The first kappa shape index (κ1) is 21.2. The van der Waals surface area contributed by atoms with Crippen molar-refractivity contribution in [1.82, 2.24) is 0 Å². The number of rotatable bonds is 5. The van der Waals surface area contributed by atoms with Gasteiger partial charge in [0.15, 0.2) is 11.6 Å². The summed E-state index contributed by atoms with van der Waals surface area (Å²) in [6.45, 7) is 0.216. The van der Waals surface area contributed by atoms with E-state index < -0.39 is 11.9 Å². The predicted molar refractivity (Wildman–Crippen MR) is 117 cm³/mol. The summed E-state index contributed by atoms with van der Waals surface area (Å²) in [4.78, 5) is 37.0. The summed E-state index contributed by atoms with van der Waals surface area (Å²) in [6.07, 6.45) is 3.78. The Morgan fingerprint density at radius 3 is 2.09 bits per heavy atom. The molecule has 6 nitrogen and oxygen atoms in total. The second-order valence-electron chi connectivity index (χ2n) is 8.57. The third-order valence-corrected chi connectivity index (χ3v) is 6.45. The molecule has 6 heteroatoms. The third kappa shape index (κ3) is 3.97. The van der Waals surface area contributed by atoms with Crippen molar-refractivity contribution in [2.75, 3.05) is 0 Å². The van der Waals surface area contributed by atoms with Gasteiger partial charge in [-0.3, -0.25) is 9.59 Å². The third-order valence-electron chi connectivity index (χ3n) is 6.45. The Hall–Kier alpha value is -3.67. The fraction of sp³-hybridized carbons (Fsp3) is 0.296. The molecule has 0 bridgehead atoms. The standard InChI is InChI=1S/C27H24O6/c28-19-6-3-9-22-25(19)24(26-20(29)7-4-10-23(26)33-22)18-5-1-2-8-21(18)32-15-16-11-13-17(14-12-16)27(30)31/h1-2,5,8,11-14,24H,3-4,6-7,9-10,15H2,(H,30,31)/p-1. The monoisotopic (exact) mass is 443 g/mol. The molecule has 0 amide bonds. The first-order chi connectivity index (χ1) is 16.0. The molecule has 0 aromatic heterocycles. The molecule has 0 saturated carbocycles. The molecule has 0 radical (unpaired) electrons. The minimum absolute atomic E-state index is 0.0267. The van der Waals surface area contributed by atoms with Gasteiger partial charge in [0, 0.05) is 42.4 Å². The molecule has 2 aromatic carbocycles. The normalized spacial score (nSPS) is 18.5. The Labute approximate surface area is 191 Å². The van der Waals surface area contributed by atoms with E-state index in [0.29, 0.717) is 54.1 Å². The Balaban J connectivity index is 1.52. The lowest BCUT2D eigenvalue weighted by molar-refractivity contribution is -0.255. The van der Waals surface area contributed by atoms with Crippen LogP contribution in [-0.4, -0.2) is 17.5 Å². The molecular formula is C27H23O6-. The fourth-order valence-corrected chi connectivity index (χ4v) is 4.88. The topological polar surface area (TPSA) is 92.7 Å². The van der Waals surface area contributed by atoms with Crippen LogP contribution in [-0.2, 0) is 20.9 Å². The summed E-state index contributed by atoms with van der Waals surface area (Å²) in [7, 11) is 0. The van der Waals surface area contributed by atoms with E-state index in [1.54, 1.807) is 12.1 Å². The summed E-state index contributed by atoms with van der Waals surface area (Å²) in [6, 6.07) is 13.8. The van der Waals surface area contributed by atoms with Gasteiger partial charge in [0.1, 0.15) is 23.9 Å². The molecule has 0 spiro atoms. The number of allylic oxidation sites excluding steroid dienone is 4. The quantitative estimate of drug-likeness (QED) is 0.699. The summed E-state index contributed by atoms with van der Waals surface area (Å²) >= 11 is 0. The lowest BCUT2D eigenvalue weighted by Gasteiger charge is -2.36. The molecule has 0 unspecified atom stereocenters. The molecule has 0 N–H and O–H groups in total. The van der Waals surface area contributed by atoms with Crippen molar-refractivity contribution in [3.05, 3.63) is 87.9 Å². The first-order valence-electron chi connectivity index (χ1n) is 11.3. The number of Topliss-reactive ketones (excluding diaryl/α,β-unsaturated/α-hetero) is 2. The van der Waals surface area contributed by atoms with Crippen LogP contribution in [0.5, 0.6) is 5.75 Å². The van der Waals surface area contributed by atoms with Crippen molar-refractivity contribution in [2.24, 2.45) is 0 Å². The van der Waals surface area contributed by atoms with E-state index in [4.69, 9.17) is 9.47 Å². The second kappa shape index (κ2) is 8.70. The van der Waals surface area contributed by atoms with E-state index >= 15 is 0 Å². The molecule has 2 aliphatic carbocycles. The van der Waals surface area contributed by atoms with Gasteiger partial charge in [-0.1, -0.05) is 42.5 Å². The average molecular weight is 443 g/mol. The van der Waals surface area contributed by atoms with Gasteiger partial charge in [-0.05, 0) is 30.0 Å². The minimum atomic E-state index is -1.23. The molecule has 3 aliphatic rings. The van der Waals surface area contributed by atoms with Crippen molar-refractivity contribution in [3.8, 4) is 5.75 Å². The number of hydrogen-bond acceptors (Lipinski definition) is 6. The first-order valence-corrected chi connectivity index (χ1v) is 11.3. The number of para-hydroxylation sites is 1. The largest absolute Gasteiger partial charge is 0.545 e. The number of ketones is 2. The van der Waals surface area contributed by atoms with Crippen LogP contribution in [0.3, 0.4) is 0 Å². The number of aromatic carboxylic acids is 1. The van der Waals surface area contributed by atoms with Gasteiger partial charge in [-0.25, -0.2) is 0 Å². The van der Waals surface area contributed by atoms with Crippen molar-refractivity contribution in [1.29, 1.82) is 0 Å². The summed E-state index contributed by atoms with van der Waals surface area (Å²) < 4.78 is 12.2. The van der Waals surface area contributed by atoms with Crippen molar-refractivity contribution < 1.29 is 29.0 Å². The molecule has 1 heterocycles. The highest BCUT2D eigenvalue weighted by Crippen LogP contribution is 2.49. The maximum Gasteiger partial charge on any atom is 0.163 e. The van der Waals surface area contributed by atoms with Gasteiger partial charge in [0.05, 0.1) is 11.9 Å². The van der Waals surface area contributed by atoms with Gasteiger partial charge in [-0.15, -0.1) is 0 Å². The Morgan fingerprint density at radius 2 is 1.48 bits per heavy atom. The Morgan fingerprint density at radius 1 is 0.879 bits per heavy atom. The van der Waals surface area contributed by atoms with Crippen LogP contribution in [0.1, 0.15) is 65.9 Å². The molecular weight excluding hydrogens is 420 g/mol. The highest BCUT2D eigenvalue weighted by atomic mass is 16.5. The number of benzene rings is 2. The number of carboxylic acids is 1. The Kier molecular flexibility index (Phi) is 5.58. The van der Waals surface area contributed by atoms with Crippen LogP contribution in [0.4, 0.5) is 0 Å². The fourth-order valence-electron chi connectivity index (χ4n) is 4.88. The predicted octanol–water partition coefficient (Wildman–Crippen LogP) is 3.76. The van der Waals surface area contributed by atoms with E-state index in [0.717, 1.165) is 24.0 Å². The number of carbonyl (C=O) groups excluding carboxylic acids is 3. The van der Waals surface area contributed by atoms with Crippen LogP contribution >= 0.6 is 0 Å². The zero-order valence-electron chi connectivity index (χ0n) is 18.1. The van der Waals surface area contributed by atoms with Gasteiger partial charge >= 0.3 is 0 Å². The summed E-state index contributed by atoms with van der Waals surface area (Å²) in [5, 5.41) is 11.0. The van der Waals surface area contributed by atoms with Gasteiger partial charge < -0.3 is 19.4 Å². The van der Waals surface area contributed by atoms with Gasteiger partial charge in [0.25, 0.3) is 0 Å². The smallest absolute Gasteiger partial charge is 0.163 e. The molecule has 0 fully saturated rings. The number of ether oxygens (including phenoxy) is 2. The van der Waals surface area contributed by atoms with E-state index in [2.05, 4.69) is 0 Å². The van der Waals surface area contributed by atoms with Crippen molar-refractivity contribution in [2.45, 2.75) is 51.0 Å². The minimum Gasteiger partial charge on any atom is -0.545 e. The van der Waals surface area contributed by atoms with Crippen molar-refractivity contribution >= 4 is 17.5 Å². The Bertz CT molecular complexity index is 1160. The number of hydrogen-bond donors (Lipinski definition) is 0. The highest BCUT2D eigenvalue weighted by Gasteiger charge is 2.42. The maximum atomic E-state index is 13.0. The zero-order chi connectivity index (χ0) is 22.9. The van der Waals surface area contributed by atoms with Crippen LogP contribution in [0, 0.1) is 0 Å². The summed E-state index contributed by atoms with van der Waals surface area (Å²) in [5.74, 6) is 0.312. The zero-order valence-corrected chi connectivity index (χ0v) is 18.1. The number of carboxylic acid groups (broad SMARTS) is 1. The second-order valence-corrected chi connectivity index (χ2v) is 8.57. The molecule has 0 saturated heterocycles. The van der Waals surface area contributed by atoms with Gasteiger partial charge in [-0.2, -0.15) is 0 Å².